The standard InChI is InChI=1S/C20H27N3OS/c24-20(18-4-3-15-25-18)8-6-17(7-9-20)16-22-11-13-23(14-12-22)19-5-1-2-10-21-19/h1-5,10,15,17,24H,6-9,11-14,16H2. The van der Waals surface area contributed by atoms with Gasteiger partial charge < -0.3 is 10.0 Å². The molecule has 0 aromatic carbocycles. The molecule has 134 valence electrons. The second-order valence-corrected chi connectivity index (χ2v) is 8.38. The lowest BCUT2D eigenvalue weighted by atomic mass is 9.78. The van der Waals surface area contributed by atoms with Crippen molar-refractivity contribution >= 4 is 17.2 Å². The number of hydrogen-bond acceptors (Lipinski definition) is 5. The van der Waals surface area contributed by atoms with Gasteiger partial charge in [-0.1, -0.05) is 12.1 Å². The third-order valence-electron chi connectivity index (χ3n) is 5.77. The van der Waals surface area contributed by atoms with Gasteiger partial charge in [-0.15, -0.1) is 11.3 Å². The molecule has 0 spiro atoms. The van der Waals surface area contributed by atoms with Gasteiger partial charge in [-0.2, -0.15) is 0 Å². The van der Waals surface area contributed by atoms with Crippen LogP contribution in [0.1, 0.15) is 30.6 Å². The van der Waals surface area contributed by atoms with Gasteiger partial charge in [0.25, 0.3) is 0 Å². The fourth-order valence-electron chi connectivity index (χ4n) is 4.19. The fraction of sp³-hybridized carbons (Fsp3) is 0.550. The maximum Gasteiger partial charge on any atom is 0.128 e. The zero-order valence-corrected chi connectivity index (χ0v) is 15.5. The van der Waals surface area contributed by atoms with E-state index < -0.39 is 5.60 Å². The van der Waals surface area contributed by atoms with Gasteiger partial charge in [0, 0.05) is 43.8 Å². The van der Waals surface area contributed by atoms with E-state index in [2.05, 4.69) is 38.4 Å². The smallest absolute Gasteiger partial charge is 0.128 e. The predicted octanol–water partition coefficient (Wildman–Crippen LogP) is 3.34. The first-order valence-electron chi connectivity index (χ1n) is 9.38. The van der Waals surface area contributed by atoms with E-state index in [1.807, 2.05) is 18.3 Å². The number of pyridine rings is 1. The summed E-state index contributed by atoms with van der Waals surface area (Å²) < 4.78 is 0. The van der Waals surface area contributed by atoms with Crippen LogP contribution >= 0.6 is 11.3 Å². The Balaban J connectivity index is 1.25. The summed E-state index contributed by atoms with van der Waals surface area (Å²) in [4.78, 5) is 10.6. The minimum absolute atomic E-state index is 0.567. The topological polar surface area (TPSA) is 39.6 Å². The zero-order valence-electron chi connectivity index (χ0n) is 14.7. The first-order valence-corrected chi connectivity index (χ1v) is 10.3. The molecule has 0 atom stereocenters. The first kappa shape index (κ1) is 17.0. The van der Waals surface area contributed by atoms with E-state index in [1.54, 1.807) is 11.3 Å². The van der Waals surface area contributed by atoms with Gasteiger partial charge in [-0.3, -0.25) is 4.90 Å². The SMILES string of the molecule is OC1(c2cccs2)CCC(CN2CCN(c3ccccn3)CC2)CC1. The minimum atomic E-state index is -0.567. The van der Waals surface area contributed by atoms with E-state index in [-0.39, 0.29) is 0 Å². The van der Waals surface area contributed by atoms with Crippen molar-refractivity contribution in [1.29, 1.82) is 0 Å². The van der Waals surface area contributed by atoms with Gasteiger partial charge >= 0.3 is 0 Å². The summed E-state index contributed by atoms with van der Waals surface area (Å²) in [5, 5.41) is 13.0. The fourth-order valence-corrected chi connectivity index (χ4v) is 5.08. The van der Waals surface area contributed by atoms with Crippen LogP contribution in [0, 0.1) is 5.92 Å². The molecule has 0 amide bonds. The summed E-state index contributed by atoms with van der Waals surface area (Å²) in [7, 11) is 0. The van der Waals surface area contributed by atoms with E-state index in [0.717, 1.165) is 68.5 Å². The van der Waals surface area contributed by atoms with Crippen LogP contribution in [-0.4, -0.2) is 47.7 Å². The molecule has 2 aromatic rings. The number of anilines is 1. The van der Waals surface area contributed by atoms with E-state index in [9.17, 15) is 5.11 Å². The van der Waals surface area contributed by atoms with Crippen LogP contribution in [0.4, 0.5) is 5.82 Å². The maximum absolute atomic E-state index is 10.9. The van der Waals surface area contributed by atoms with Crippen LogP contribution in [0.2, 0.25) is 0 Å². The molecular weight excluding hydrogens is 330 g/mol. The summed E-state index contributed by atoms with van der Waals surface area (Å²) in [6, 6.07) is 10.3. The molecule has 0 bridgehead atoms. The van der Waals surface area contributed by atoms with Crippen molar-refractivity contribution in [3.8, 4) is 0 Å². The highest BCUT2D eigenvalue weighted by atomic mass is 32.1. The number of aromatic nitrogens is 1. The van der Waals surface area contributed by atoms with Crippen LogP contribution in [0.5, 0.6) is 0 Å². The van der Waals surface area contributed by atoms with Crippen LogP contribution in [0.25, 0.3) is 0 Å². The van der Waals surface area contributed by atoms with Crippen molar-refractivity contribution in [3.63, 3.8) is 0 Å². The molecule has 4 rings (SSSR count). The molecule has 3 heterocycles. The highest BCUT2D eigenvalue weighted by Crippen LogP contribution is 2.41. The predicted molar refractivity (Wildman–Crippen MR) is 103 cm³/mol. The van der Waals surface area contributed by atoms with E-state index in [1.165, 1.54) is 6.54 Å². The molecule has 4 nitrogen and oxygen atoms in total. The Morgan fingerprint density at radius 2 is 1.88 bits per heavy atom. The lowest BCUT2D eigenvalue weighted by Gasteiger charge is -2.40. The second-order valence-electron chi connectivity index (χ2n) is 7.43. The third-order valence-corrected chi connectivity index (χ3v) is 6.84. The maximum atomic E-state index is 10.9. The summed E-state index contributed by atoms with van der Waals surface area (Å²) in [5.41, 5.74) is -0.567. The molecule has 25 heavy (non-hydrogen) atoms. The molecular formula is C20H27N3OS. The number of rotatable bonds is 4. The lowest BCUT2D eigenvalue weighted by Crippen LogP contribution is -2.48. The Morgan fingerprint density at radius 3 is 2.52 bits per heavy atom. The van der Waals surface area contributed by atoms with E-state index >= 15 is 0 Å². The average molecular weight is 358 g/mol. The highest BCUT2D eigenvalue weighted by Gasteiger charge is 2.36. The van der Waals surface area contributed by atoms with Crippen molar-refractivity contribution in [2.75, 3.05) is 37.6 Å². The number of piperazine rings is 1. The Hall–Kier alpha value is -1.43. The van der Waals surface area contributed by atoms with Gasteiger partial charge in [0.05, 0.1) is 5.60 Å². The third kappa shape index (κ3) is 3.89. The molecule has 5 heteroatoms. The molecule has 1 aliphatic heterocycles. The Kier molecular flexibility index (Phi) is 5.06. The highest BCUT2D eigenvalue weighted by molar-refractivity contribution is 7.10. The van der Waals surface area contributed by atoms with Gasteiger partial charge in [0.1, 0.15) is 5.82 Å². The summed E-state index contributed by atoms with van der Waals surface area (Å²) in [5.74, 6) is 1.82. The van der Waals surface area contributed by atoms with Crippen molar-refractivity contribution < 1.29 is 5.11 Å². The Morgan fingerprint density at radius 1 is 1.08 bits per heavy atom. The molecule has 1 saturated carbocycles. The van der Waals surface area contributed by atoms with Crippen molar-refractivity contribution in [2.45, 2.75) is 31.3 Å². The van der Waals surface area contributed by atoms with Crippen molar-refractivity contribution in [1.82, 2.24) is 9.88 Å². The number of nitrogens with zero attached hydrogens (tertiary/aromatic N) is 3. The number of hydrogen-bond donors (Lipinski definition) is 1. The van der Waals surface area contributed by atoms with E-state index in [0.29, 0.717) is 0 Å². The quantitative estimate of drug-likeness (QED) is 0.911. The molecule has 2 aromatic heterocycles. The minimum Gasteiger partial charge on any atom is -0.384 e. The average Bonchev–Trinajstić information content (AvgIpc) is 3.21. The molecule has 2 fully saturated rings. The molecule has 0 radical (unpaired) electrons. The van der Waals surface area contributed by atoms with Gasteiger partial charge in [-0.05, 0) is 55.2 Å². The first-order chi connectivity index (χ1) is 12.2. The summed E-state index contributed by atoms with van der Waals surface area (Å²) >= 11 is 1.69. The number of aliphatic hydroxyl groups is 1. The summed E-state index contributed by atoms with van der Waals surface area (Å²) in [6.07, 6.45) is 5.96. The monoisotopic (exact) mass is 357 g/mol. The Bertz CT molecular complexity index is 645. The largest absolute Gasteiger partial charge is 0.384 e. The Labute approximate surface area is 154 Å². The van der Waals surface area contributed by atoms with Crippen LogP contribution in [0.15, 0.2) is 41.9 Å². The van der Waals surface area contributed by atoms with Crippen LogP contribution in [-0.2, 0) is 5.60 Å². The van der Waals surface area contributed by atoms with Gasteiger partial charge in [0.2, 0.25) is 0 Å². The van der Waals surface area contributed by atoms with Crippen LogP contribution < -0.4 is 4.90 Å². The molecule has 1 aliphatic carbocycles. The molecule has 2 aliphatic rings. The molecule has 1 N–H and O–H groups in total. The van der Waals surface area contributed by atoms with Crippen molar-refractivity contribution in [3.05, 3.63) is 46.8 Å². The lowest BCUT2D eigenvalue weighted by molar-refractivity contribution is -0.0155. The van der Waals surface area contributed by atoms with Gasteiger partial charge in [0.15, 0.2) is 0 Å². The van der Waals surface area contributed by atoms with Gasteiger partial charge in [-0.25, -0.2) is 4.98 Å². The zero-order chi connectivity index (χ0) is 17.1. The van der Waals surface area contributed by atoms with Crippen LogP contribution in [0.3, 0.4) is 0 Å². The second kappa shape index (κ2) is 7.44. The molecule has 1 saturated heterocycles. The normalized spacial score (nSPS) is 28.2. The summed E-state index contributed by atoms with van der Waals surface area (Å²) in [6.45, 7) is 5.52. The number of thiophene rings is 1. The molecule has 0 unspecified atom stereocenters. The van der Waals surface area contributed by atoms with Crippen molar-refractivity contribution in [2.24, 2.45) is 5.92 Å². The van der Waals surface area contributed by atoms with E-state index in [4.69, 9.17) is 0 Å².